The number of benzene rings is 3. The van der Waals surface area contributed by atoms with E-state index in [9.17, 15) is 9.59 Å². The highest BCUT2D eigenvalue weighted by Gasteiger charge is 2.39. The number of hydrogen-bond donors (Lipinski definition) is 1. The van der Waals surface area contributed by atoms with E-state index in [4.69, 9.17) is 21.4 Å². The summed E-state index contributed by atoms with van der Waals surface area (Å²) in [5.74, 6) is 0.197. The minimum Gasteiger partial charge on any atom is -0.497 e. The molecule has 3 aromatic rings. The highest BCUT2D eigenvalue weighted by atomic mass is 35.5. The molecule has 7 nitrogen and oxygen atoms in total. The number of nitrogens with zero attached hydrogens (tertiary/aromatic N) is 3. The number of rotatable bonds is 6. The SMILES string of the molecule is COc1ccc(C2=NN(C3=NC(=O)C(CC(=O)Nc4ccc(C)c(C)c4)S3)C(c3cccc(Cl)c3)C2)cc1. The Labute approximate surface area is 230 Å². The fourth-order valence-corrected chi connectivity index (χ4v) is 5.68. The normalized spacial score (nSPS) is 18.8. The first-order chi connectivity index (χ1) is 18.3. The van der Waals surface area contributed by atoms with Gasteiger partial charge in [0.1, 0.15) is 11.0 Å². The summed E-state index contributed by atoms with van der Waals surface area (Å²) in [4.78, 5) is 29.9. The summed E-state index contributed by atoms with van der Waals surface area (Å²) in [7, 11) is 1.63. The van der Waals surface area contributed by atoms with Crippen LogP contribution in [-0.4, -0.2) is 40.1 Å². The van der Waals surface area contributed by atoms with Crippen molar-refractivity contribution < 1.29 is 14.3 Å². The van der Waals surface area contributed by atoms with Crippen molar-refractivity contribution in [3.63, 3.8) is 0 Å². The predicted molar refractivity (Wildman–Crippen MR) is 153 cm³/mol. The van der Waals surface area contributed by atoms with Gasteiger partial charge in [-0.25, -0.2) is 5.01 Å². The smallest absolute Gasteiger partial charge is 0.262 e. The standard InChI is InChI=1S/C29H27ClN4O3S/c1-17-7-10-22(13-18(17)2)31-27(35)16-26-28(36)32-29(38-26)34-25(20-5-4-6-21(30)14-20)15-24(33-34)19-8-11-23(37-3)12-9-19/h4-14,25-26H,15-16H2,1-3H3,(H,31,35). The average molecular weight is 547 g/mol. The van der Waals surface area contributed by atoms with Crippen LogP contribution in [0.2, 0.25) is 5.02 Å². The third-order valence-electron chi connectivity index (χ3n) is 6.65. The van der Waals surface area contributed by atoms with E-state index in [-0.39, 0.29) is 24.3 Å². The topological polar surface area (TPSA) is 83.4 Å². The molecular weight excluding hydrogens is 520 g/mol. The maximum absolute atomic E-state index is 12.8. The van der Waals surface area contributed by atoms with Crippen molar-refractivity contribution in [2.24, 2.45) is 10.1 Å². The number of aliphatic imine (C=N–C) groups is 1. The van der Waals surface area contributed by atoms with Gasteiger partial charge < -0.3 is 10.1 Å². The molecule has 9 heteroatoms. The van der Waals surface area contributed by atoms with Crippen molar-refractivity contribution in [1.82, 2.24) is 5.01 Å². The Hall–Kier alpha value is -3.62. The van der Waals surface area contributed by atoms with Gasteiger partial charge in [0, 0.05) is 23.6 Å². The van der Waals surface area contributed by atoms with E-state index >= 15 is 0 Å². The highest BCUT2D eigenvalue weighted by Crippen LogP contribution is 2.39. The molecule has 0 bridgehead atoms. The first-order valence-corrected chi connectivity index (χ1v) is 13.5. The van der Waals surface area contributed by atoms with Crippen LogP contribution in [0.5, 0.6) is 5.75 Å². The third kappa shape index (κ3) is 5.61. The van der Waals surface area contributed by atoms with Gasteiger partial charge in [-0.3, -0.25) is 9.59 Å². The number of halogens is 1. The van der Waals surface area contributed by atoms with E-state index in [1.807, 2.05) is 80.6 Å². The largest absolute Gasteiger partial charge is 0.497 e. The number of thioether (sulfide) groups is 1. The molecule has 2 aliphatic rings. The highest BCUT2D eigenvalue weighted by molar-refractivity contribution is 8.15. The lowest BCUT2D eigenvalue weighted by Crippen LogP contribution is -2.25. The first kappa shape index (κ1) is 26.0. The number of amidine groups is 1. The lowest BCUT2D eigenvalue weighted by molar-refractivity contribution is -0.121. The number of anilines is 1. The van der Waals surface area contributed by atoms with Gasteiger partial charge in [0.2, 0.25) is 5.91 Å². The van der Waals surface area contributed by atoms with Crippen LogP contribution < -0.4 is 10.1 Å². The Morgan fingerprint density at radius 2 is 1.89 bits per heavy atom. The minimum atomic E-state index is -0.614. The molecule has 0 saturated heterocycles. The van der Waals surface area contributed by atoms with E-state index in [0.29, 0.717) is 22.3 Å². The Kier molecular flexibility index (Phi) is 7.53. The molecule has 5 rings (SSSR count). The zero-order valence-corrected chi connectivity index (χ0v) is 22.8. The maximum atomic E-state index is 12.8. The van der Waals surface area contributed by atoms with Crippen LogP contribution in [0.3, 0.4) is 0 Å². The molecule has 2 amide bonds. The number of carbonyl (C=O) groups excluding carboxylic acids is 2. The van der Waals surface area contributed by atoms with Crippen molar-refractivity contribution in [1.29, 1.82) is 0 Å². The van der Waals surface area contributed by atoms with Crippen LogP contribution >= 0.6 is 23.4 Å². The van der Waals surface area contributed by atoms with E-state index in [1.54, 1.807) is 12.1 Å². The molecule has 3 aromatic carbocycles. The summed E-state index contributed by atoms with van der Waals surface area (Å²) in [6.07, 6.45) is 0.631. The Morgan fingerprint density at radius 3 is 2.61 bits per heavy atom. The van der Waals surface area contributed by atoms with E-state index in [1.165, 1.54) is 11.8 Å². The molecule has 38 heavy (non-hydrogen) atoms. The molecule has 2 atom stereocenters. The predicted octanol–water partition coefficient (Wildman–Crippen LogP) is 6.14. The van der Waals surface area contributed by atoms with Gasteiger partial charge in [-0.05, 0) is 84.6 Å². The minimum absolute atomic E-state index is 0.0220. The van der Waals surface area contributed by atoms with Crippen LogP contribution in [-0.2, 0) is 9.59 Å². The molecule has 0 saturated carbocycles. The van der Waals surface area contributed by atoms with Crippen molar-refractivity contribution >= 4 is 51.7 Å². The van der Waals surface area contributed by atoms with Crippen LogP contribution in [0, 0.1) is 13.8 Å². The molecule has 2 aliphatic heterocycles. The van der Waals surface area contributed by atoms with Gasteiger partial charge in [-0.2, -0.15) is 10.1 Å². The summed E-state index contributed by atoms with van der Waals surface area (Å²) >= 11 is 7.57. The first-order valence-electron chi connectivity index (χ1n) is 12.2. The molecule has 0 radical (unpaired) electrons. The van der Waals surface area contributed by atoms with E-state index in [0.717, 1.165) is 33.7 Å². The monoisotopic (exact) mass is 546 g/mol. The lowest BCUT2D eigenvalue weighted by atomic mass is 9.98. The number of ether oxygens (including phenoxy) is 1. The Morgan fingerprint density at radius 1 is 1.11 bits per heavy atom. The second-order valence-electron chi connectivity index (χ2n) is 9.29. The summed E-state index contributed by atoms with van der Waals surface area (Å²) in [5.41, 5.74) is 5.74. The van der Waals surface area contributed by atoms with Gasteiger partial charge in [0.25, 0.3) is 5.91 Å². The van der Waals surface area contributed by atoms with Crippen molar-refractivity contribution in [3.8, 4) is 5.75 Å². The Bertz CT molecular complexity index is 1450. The van der Waals surface area contributed by atoms with E-state index in [2.05, 4.69) is 10.3 Å². The fourth-order valence-electron chi connectivity index (χ4n) is 4.42. The van der Waals surface area contributed by atoms with Gasteiger partial charge >= 0.3 is 0 Å². The van der Waals surface area contributed by atoms with Crippen molar-refractivity contribution in [3.05, 3.63) is 94.0 Å². The summed E-state index contributed by atoms with van der Waals surface area (Å²) in [6.45, 7) is 4.01. The van der Waals surface area contributed by atoms with Crippen LogP contribution in [0.15, 0.2) is 76.8 Å². The fraction of sp³-hybridized carbons (Fsp3) is 0.241. The van der Waals surface area contributed by atoms with Gasteiger partial charge in [-0.15, -0.1) is 0 Å². The second-order valence-corrected chi connectivity index (χ2v) is 10.9. The van der Waals surface area contributed by atoms with E-state index < -0.39 is 5.25 Å². The molecule has 0 fully saturated rings. The van der Waals surface area contributed by atoms with Gasteiger partial charge in [0.15, 0.2) is 5.17 Å². The van der Waals surface area contributed by atoms with Crippen LogP contribution in [0.25, 0.3) is 0 Å². The molecule has 2 unspecified atom stereocenters. The van der Waals surface area contributed by atoms with Crippen molar-refractivity contribution in [2.45, 2.75) is 38.0 Å². The quantitative estimate of drug-likeness (QED) is 0.401. The summed E-state index contributed by atoms with van der Waals surface area (Å²) in [5, 5.41) is 10.1. The molecule has 1 N–H and O–H groups in total. The number of nitrogens with one attached hydrogen (secondary N) is 1. The number of hydrogen-bond acceptors (Lipinski definition) is 6. The van der Waals surface area contributed by atoms with Crippen molar-refractivity contribution in [2.75, 3.05) is 12.4 Å². The van der Waals surface area contributed by atoms with Crippen LogP contribution in [0.4, 0.5) is 5.69 Å². The number of amides is 2. The number of carbonyl (C=O) groups is 2. The second kappa shape index (κ2) is 11.0. The number of methoxy groups -OCH3 is 1. The molecule has 0 aliphatic carbocycles. The van der Waals surface area contributed by atoms with Crippen LogP contribution in [0.1, 0.15) is 41.1 Å². The summed E-state index contributed by atoms with van der Waals surface area (Å²) < 4.78 is 5.28. The molecule has 0 spiro atoms. The lowest BCUT2D eigenvalue weighted by Gasteiger charge is -2.23. The number of aryl methyl sites for hydroxylation is 2. The number of hydrazone groups is 1. The third-order valence-corrected chi connectivity index (χ3v) is 8.03. The molecular formula is C29H27ClN4O3S. The molecule has 194 valence electrons. The Balaban J connectivity index is 1.35. The average Bonchev–Trinajstić information content (AvgIpc) is 3.50. The zero-order valence-electron chi connectivity index (χ0n) is 21.3. The van der Waals surface area contributed by atoms with Gasteiger partial charge in [-0.1, -0.05) is 41.6 Å². The zero-order chi connectivity index (χ0) is 26.8. The molecule has 0 aromatic heterocycles. The molecule has 2 heterocycles. The van der Waals surface area contributed by atoms with Gasteiger partial charge in [0.05, 0.1) is 18.9 Å². The summed E-state index contributed by atoms with van der Waals surface area (Å²) in [6, 6.07) is 20.9. The maximum Gasteiger partial charge on any atom is 0.262 e.